The van der Waals surface area contributed by atoms with E-state index in [0.29, 0.717) is 6.07 Å². The van der Waals surface area contributed by atoms with E-state index in [2.05, 4.69) is 15.4 Å². The van der Waals surface area contributed by atoms with Gasteiger partial charge in [0.25, 0.3) is 5.91 Å². The predicted molar refractivity (Wildman–Crippen MR) is 92.9 cm³/mol. The standard InChI is InChI=1S/C19H17F5N2O3/c20-13-7-8-14(15(21)10-13)18(28)25-9-3-6-17(27)26-11-12-4-1-2-5-16(12)29-19(22,23)24/h1-2,4-5,7-8,10H,3,6,9,11H2,(H,25,28)(H,26,27). The molecule has 0 heterocycles. The smallest absolute Gasteiger partial charge is 0.405 e. The van der Waals surface area contributed by atoms with Crippen molar-refractivity contribution in [3.8, 4) is 5.75 Å². The molecule has 2 aromatic rings. The van der Waals surface area contributed by atoms with Gasteiger partial charge in [0.2, 0.25) is 5.91 Å². The molecule has 2 aromatic carbocycles. The zero-order valence-corrected chi connectivity index (χ0v) is 15.0. The monoisotopic (exact) mass is 416 g/mol. The number of halogens is 5. The first-order chi connectivity index (χ1) is 13.7. The van der Waals surface area contributed by atoms with Crippen molar-refractivity contribution in [2.24, 2.45) is 0 Å². The van der Waals surface area contributed by atoms with Crippen molar-refractivity contribution >= 4 is 11.8 Å². The molecule has 0 bridgehead atoms. The van der Waals surface area contributed by atoms with Gasteiger partial charge in [0.05, 0.1) is 5.56 Å². The van der Waals surface area contributed by atoms with E-state index in [-0.39, 0.29) is 37.1 Å². The number of hydrogen-bond acceptors (Lipinski definition) is 3. The Kier molecular flexibility index (Phi) is 7.52. The third-order valence-corrected chi connectivity index (χ3v) is 3.72. The van der Waals surface area contributed by atoms with Crippen LogP contribution in [0.4, 0.5) is 22.0 Å². The molecule has 0 spiro atoms. The number of alkyl halides is 3. The summed E-state index contributed by atoms with van der Waals surface area (Å²) in [5.74, 6) is -3.41. The minimum atomic E-state index is -4.84. The largest absolute Gasteiger partial charge is 0.573 e. The van der Waals surface area contributed by atoms with Crippen LogP contribution >= 0.6 is 0 Å². The van der Waals surface area contributed by atoms with Crippen LogP contribution in [0.25, 0.3) is 0 Å². The molecule has 10 heteroatoms. The third-order valence-electron chi connectivity index (χ3n) is 3.72. The molecule has 0 aliphatic carbocycles. The number of amides is 2. The Morgan fingerprint density at radius 1 is 1.00 bits per heavy atom. The molecule has 0 aliphatic rings. The Bertz CT molecular complexity index is 871. The maximum absolute atomic E-state index is 13.5. The van der Waals surface area contributed by atoms with E-state index >= 15 is 0 Å². The Hall–Kier alpha value is -3.17. The average molecular weight is 416 g/mol. The van der Waals surface area contributed by atoms with Crippen LogP contribution in [0.2, 0.25) is 0 Å². The number of carbonyl (C=O) groups excluding carboxylic acids is 2. The zero-order chi connectivity index (χ0) is 21.4. The van der Waals surface area contributed by atoms with Gasteiger partial charge >= 0.3 is 6.36 Å². The molecule has 156 valence electrons. The molecule has 2 amide bonds. The third kappa shape index (κ3) is 7.40. The van der Waals surface area contributed by atoms with Crippen LogP contribution in [-0.2, 0) is 11.3 Å². The molecule has 0 saturated heterocycles. The summed E-state index contributed by atoms with van der Waals surface area (Å²) in [7, 11) is 0. The molecule has 0 atom stereocenters. The van der Waals surface area contributed by atoms with E-state index in [1.807, 2.05) is 0 Å². The van der Waals surface area contributed by atoms with Gasteiger partial charge in [0.1, 0.15) is 17.4 Å². The summed E-state index contributed by atoms with van der Waals surface area (Å²) in [5, 5.41) is 4.86. The Morgan fingerprint density at radius 3 is 2.41 bits per heavy atom. The van der Waals surface area contributed by atoms with Crippen molar-refractivity contribution in [1.29, 1.82) is 0 Å². The van der Waals surface area contributed by atoms with E-state index in [0.717, 1.165) is 18.2 Å². The molecule has 0 aromatic heterocycles. The minimum absolute atomic E-state index is 0.0194. The fourth-order valence-corrected chi connectivity index (χ4v) is 2.38. The first-order valence-electron chi connectivity index (χ1n) is 8.49. The summed E-state index contributed by atoms with van der Waals surface area (Å²) in [6.45, 7) is -0.116. The molecular weight excluding hydrogens is 399 g/mol. The van der Waals surface area contributed by atoms with Crippen LogP contribution in [0.3, 0.4) is 0 Å². The second kappa shape index (κ2) is 9.85. The molecule has 29 heavy (non-hydrogen) atoms. The maximum Gasteiger partial charge on any atom is 0.573 e. The second-order valence-corrected chi connectivity index (χ2v) is 5.92. The average Bonchev–Trinajstić information content (AvgIpc) is 2.63. The SMILES string of the molecule is O=C(CCCNC(=O)c1ccc(F)cc1F)NCc1ccccc1OC(F)(F)F. The molecule has 0 fully saturated rings. The summed E-state index contributed by atoms with van der Waals surface area (Å²) in [6.07, 6.45) is -4.65. The Labute approximate surface area is 162 Å². The second-order valence-electron chi connectivity index (χ2n) is 5.92. The number of hydrogen-bond donors (Lipinski definition) is 2. The highest BCUT2D eigenvalue weighted by atomic mass is 19.4. The quantitative estimate of drug-likeness (QED) is 0.510. The molecule has 0 unspecified atom stereocenters. The van der Waals surface area contributed by atoms with Crippen LogP contribution in [-0.4, -0.2) is 24.7 Å². The highest BCUT2D eigenvalue weighted by Crippen LogP contribution is 2.26. The van der Waals surface area contributed by atoms with Crippen molar-refractivity contribution in [3.05, 3.63) is 65.2 Å². The van der Waals surface area contributed by atoms with Crippen molar-refractivity contribution in [2.75, 3.05) is 6.54 Å². The van der Waals surface area contributed by atoms with Crippen molar-refractivity contribution in [2.45, 2.75) is 25.7 Å². The Morgan fingerprint density at radius 2 is 1.72 bits per heavy atom. The molecule has 0 saturated carbocycles. The van der Waals surface area contributed by atoms with Gasteiger partial charge in [-0.1, -0.05) is 18.2 Å². The van der Waals surface area contributed by atoms with E-state index in [4.69, 9.17) is 0 Å². The molecule has 0 radical (unpaired) electrons. The van der Waals surface area contributed by atoms with Crippen molar-refractivity contribution in [1.82, 2.24) is 10.6 Å². The number of benzene rings is 2. The van der Waals surface area contributed by atoms with Crippen LogP contribution in [0.5, 0.6) is 5.75 Å². The molecule has 5 nitrogen and oxygen atoms in total. The van der Waals surface area contributed by atoms with Gasteiger partial charge in [0.15, 0.2) is 0 Å². The topological polar surface area (TPSA) is 67.4 Å². The summed E-state index contributed by atoms with van der Waals surface area (Å²) in [5.41, 5.74) is -0.171. The van der Waals surface area contributed by atoms with Gasteiger partial charge in [-0.05, 0) is 24.6 Å². The molecule has 2 N–H and O–H groups in total. The molecular formula is C19H17F5N2O3. The van der Waals surface area contributed by atoms with Crippen molar-refractivity contribution in [3.63, 3.8) is 0 Å². The van der Waals surface area contributed by atoms with E-state index in [1.54, 1.807) is 0 Å². The van der Waals surface area contributed by atoms with Crippen molar-refractivity contribution < 1.29 is 36.3 Å². The van der Waals surface area contributed by atoms with E-state index < -0.39 is 35.6 Å². The number of nitrogens with one attached hydrogen (secondary N) is 2. The number of para-hydroxylation sites is 1. The lowest BCUT2D eigenvalue weighted by Crippen LogP contribution is -2.28. The normalized spacial score (nSPS) is 11.1. The fourth-order valence-electron chi connectivity index (χ4n) is 2.38. The first-order valence-corrected chi connectivity index (χ1v) is 8.49. The van der Waals surface area contributed by atoms with Crippen LogP contribution in [0, 0.1) is 11.6 Å². The number of carbonyl (C=O) groups is 2. The summed E-state index contributed by atoms with van der Waals surface area (Å²) >= 11 is 0. The van der Waals surface area contributed by atoms with Gasteiger partial charge < -0.3 is 15.4 Å². The van der Waals surface area contributed by atoms with E-state index in [9.17, 15) is 31.5 Å². The van der Waals surface area contributed by atoms with Crippen LogP contribution < -0.4 is 15.4 Å². The lowest BCUT2D eigenvalue weighted by Gasteiger charge is -2.13. The van der Waals surface area contributed by atoms with Gasteiger partial charge in [-0.2, -0.15) is 0 Å². The first kappa shape index (κ1) is 22.1. The fraction of sp³-hybridized carbons (Fsp3) is 0.263. The predicted octanol–water partition coefficient (Wildman–Crippen LogP) is 3.69. The number of ether oxygens (including phenoxy) is 1. The molecule has 2 rings (SSSR count). The minimum Gasteiger partial charge on any atom is -0.405 e. The van der Waals surface area contributed by atoms with Crippen LogP contribution in [0.1, 0.15) is 28.8 Å². The maximum atomic E-state index is 13.5. The number of rotatable bonds is 8. The van der Waals surface area contributed by atoms with Gasteiger partial charge in [0, 0.05) is 31.1 Å². The highest BCUT2D eigenvalue weighted by molar-refractivity contribution is 5.94. The van der Waals surface area contributed by atoms with Gasteiger partial charge in [-0.15, -0.1) is 13.2 Å². The lowest BCUT2D eigenvalue weighted by molar-refractivity contribution is -0.274. The summed E-state index contributed by atoms with van der Waals surface area (Å²) in [4.78, 5) is 23.6. The van der Waals surface area contributed by atoms with Gasteiger partial charge in [-0.3, -0.25) is 9.59 Å². The molecule has 0 aliphatic heterocycles. The van der Waals surface area contributed by atoms with Gasteiger partial charge in [-0.25, -0.2) is 8.78 Å². The summed E-state index contributed by atoms with van der Waals surface area (Å²) < 4.78 is 67.3. The highest BCUT2D eigenvalue weighted by Gasteiger charge is 2.31. The summed E-state index contributed by atoms with van der Waals surface area (Å²) in [6, 6.07) is 7.95. The van der Waals surface area contributed by atoms with Crippen LogP contribution in [0.15, 0.2) is 42.5 Å². The zero-order valence-electron chi connectivity index (χ0n) is 15.0. The Balaban J connectivity index is 1.75. The van der Waals surface area contributed by atoms with E-state index in [1.165, 1.54) is 18.2 Å². The lowest BCUT2D eigenvalue weighted by atomic mass is 10.2.